The Morgan fingerprint density at radius 2 is 1.67 bits per heavy atom. The third-order valence-corrected chi connectivity index (χ3v) is 9.69. The summed E-state index contributed by atoms with van der Waals surface area (Å²) in [6.45, 7) is 8.69. The number of aromatic nitrogens is 1. The number of halogens is 8. The van der Waals surface area contributed by atoms with E-state index >= 15 is 22.0 Å². The Hall–Kier alpha value is -4.01. The minimum absolute atomic E-state index is 0.0469. The summed E-state index contributed by atoms with van der Waals surface area (Å²) in [5.74, 6) is -5.86. The van der Waals surface area contributed by atoms with Crippen molar-refractivity contribution >= 4 is 17.4 Å². The molecule has 0 saturated carbocycles. The Morgan fingerprint density at radius 3 is 2.16 bits per heavy atom. The van der Waals surface area contributed by atoms with Crippen LogP contribution in [0.5, 0.6) is 0 Å². The van der Waals surface area contributed by atoms with Crippen LogP contribution < -0.4 is 10.9 Å². The third kappa shape index (κ3) is 7.92. The molecule has 7 nitrogen and oxygen atoms in total. The fraction of sp³-hybridized carbons (Fsp3) is 0.528. The average molecular weight is 732 g/mol. The lowest BCUT2D eigenvalue weighted by Gasteiger charge is -2.46. The molecule has 4 atom stereocenters. The van der Waals surface area contributed by atoms with Crippen LogP contribution >= 0.6 is 0 Å². The summed E-state index contributed by atoms with van der Waals surface area (Å²) in [5, 5.41) is 11.7. The molecule has 1 aliphatic heterocycles. The summed E-state index contributed by atoms with van der Waals surface area (Å²) in [6, 6.07) is 0.361. The van der Waals surface area contributed by atoms with Crippen molar-refractivity contribution in [3.8, 4) is 0 Å². The van der Waals surface area contributed by atoms with Crippen LogP contribution in [0.25, 0.3) is 5.57 Å². The monoisotopic (exact) mass is 731 g/mol. The van der Waals surface area contributed by atoms with Gasteiger partial charge in [0.1, 0.15) is 18.0 Å². The van der Waals surface area contributed by atoms with E-state index in [0.717, 1.165) is 25.6 Å². The van der Waals surface area contributed by atoms with E-state index in [1.807, 2.05) is 10.2 Å². The first-order valence-electron chi connectivity index (χ1n) is 16.5. The lowest BCUT2D eigenvalue weighted by molar-refractivity contribution is -0.240. The molecule has 280 valence electrons. The largest absolute Gasteiger partial charge is 0.481 e. The second-order valence-corrected chi connectivity index (χ2v) is 13.8. The maximum Gasteiger partial charge on any atom is 0.416 e. The van der Waals surface area contributed by atoms with Crippen molar-refractivity contribution in [2.45, 2.75) is 90.9 Å². The molecule has 2 heterocycles. The lowest BCUT2D eigenvalue weighted by atomic mass is 9.65. The summed E-state index contributed by atoms with van der Waals surface area (Å²) < 4.78 is 122. The van der Waals surface area contributed by atoms with Crippen molar-refractivity contribution in [2.75, 3.05) is 19.6 Å². The predicted molar refractivity (Wildman–Crippen MR) is 174 cm³/mol. The van der Waals surface area contributed by atoms with Gasteiger partial charge in [0.15, 0.2) is 5.41 Å². The number of allylic oxidation sites excluding steroid dienone is 3. The van der Waals surface area contributed by atoms with Crippen LogP contribution in [-0.2, 0) is 22.2 Å². The van der Waals surface area contributed by atoms with Gasteiger partial charge in [-0.05, 0) is 98.5 Å². The van der Waals surface area contributed by atoms with Gasteiger partial charge in [0, 0.05) is 18.8 Å². The number of likely N-dealkylation sites (tertiary alicyclic amines) is 1. The predicted octanol–water partition coefficient (Wildman–Crippen LogP) is 7.51. The molecule has 0 spiro atoms. The standard InChI is InChI=1S/C36H41F8N3O4/c1-19(2)14-26(47-18-23(10-13-46-11-7-12-46)25(16-28(47)48)35(39,40)41)33(51)45-27(17-29(49)50)34(36(42,43)44)31(37)22(5)15-24(32(34)38)30-20(3)8-6-9-21(30)4/h6,8-9,15-16,18-19,26-27,32H,7,10-14,17H2,1-5H3,(H,45,51)(H,49,50). The van der Waals surface area contributed by atoms with Gasteiger partial charge in [-0.15, -0.1) is 0 Å². The van der Waals surface area contributed by atoms with Crippen LogP contribution in [0.4, 0.5) is 35.1 Å². The minimum Gasteiger partial charge on any atom is -0.481 e. The summed E-state index contributed by atoms with van der Waals surface area (Å²) in [7, 11) is 0. The van der Waals surface area contributed by atoms with Gasteiger partial charge in [-0.2, -0.15) is 26.3 Å². The highest BCUT2D eigenvalue weighted by Gasteiger charge is 2.70. The molecule has 2 aliphatic rings. The average Bonchev–Trinajstić information content (AvgIpc) is 2.96. The summed E-state index contributed by atoms with van der Waals surface area (Å²) in [6.07, 6.45) is -13.5. The van der Waals surface area contributed by atoms with Crippen molar-refractivity contribution in [3.05, 3.63) is 86.1 Å². The van der Waals surface area contributed by atoms with Crippen molar-refractivity contribution in [3.63, 3.8) is 0 Å². The van der Waals surface area contributed by atoms with Crippen molar-refractivity contribution in [1.29, 1.82) is 0 Å². The van der Waals surface area contributed by atoms with Crippen LogP contribution in [0.1, 0.15) is 73.9 Å². The molecule has 0 bridgehead atoms. The molecular weight excluding hydrogens is 690 g/mol. The highest BCUT2D eigenvalue weighted by Crippen LogP contribution is 2.58. The SMILES string of the molecule is CC1=C(F)C(C(CC(=O)O)NC(=O)C(CC(C)C)n2cc(CCN3CCC3)c(C(F)(F)F)cc2=O)(C(F)(F)F)C(F)C(c2c(C)cccc2C)=C1. The highest BCUT2D eigenvalue weighted by atomic mass is 19.4. The molecule has 4 rings (SSSR count). The normalized spacial score (nSPS) is 21.3. The van der Waals surface area contributed by atoms with E-state index in [2.05, 4.69) is 0 Å². The van der Waals surface area contributed by atoms with Gasteiger partial charge in [0.25, 0.3) is 5.56 Å². The number of amides is 1. The number of benzene rings is 1. The maximum atomic E-state index is 16.9. The number of carbonyl (C=O) groups excluding carboxylic acids is 1. The van der Waals surface area contributed by atoms with Gasteiger partial charge in [-0.25, -0.2) is 8.78 Å². The number of rotatable bonds is 12. The van der Waals surface area contributed by atoms with Gasteiger partial charge >= 0.3 is 18.3 Å². The molecule has 1 fully saturated rings. The number of alkyl halides is 7. The fourth-order valence-electron chi connectivity index (χ4n) is 7.06. The Labute approximate surface area is 290 Å². The molecule has 1 aliphatic carbocycles. The second kappa shape index (κ2) is 14.9. The van der Waals surface area contributed by atoms with Crippen molar-refractivity contribution in [2.24, 2.45) is 11.3 Å². The van der Waals surface area contributed by atoms with E-state index in [1.54, 1.807) is 19.9 Å². The van der Waals surface area contributed by atoms with Crippen LogP contribution in [0, 0.1) is 25.2 Å². The van der Waals surface area contributed by atoms with E-state index in [4.69, 9.17) is 0 Å². The number of carbonyl (C=O) groups is 2. The number of aryl methyl sites for hydroxylation is 2. The first kappa shape index (κ1) is 39.8. The number of carboxylic acids is 1. The number of nitrogens with one attached hydrogen (secondary N) is 1. The molecule has 1 amide bonds. The molecule has 1 aromatic heterocycles. The van der Waals surface area contributed by atoms with Crippen LogP contribution in [0.3, 0.4) is 0 Å². The molecular formula is C36H41F8N3O4. The molecule has 1 saturated heterocycles. The zero-order valence-corrected chi connectivity index (χ0v) is 28.8. The second-order valence-electron chi connectivity index (χ2n) is 13.8. The number of hydrogen-bond donors (Lipinski definition) is 2. The lowest BCUT2D eigenvalue weighted by Crippen LogP contribution is -2.63. The van der Waals surface area contributed by atoms with E-state index in [1.165, 1.54) is 26.0 Å². The smallest absolute Gasteiger partial charge is 0.416 e. The maximum absolute atomic E-state index is 16.9. The van der Waals surface area contributed by atoms with Gasteiger partial charge in [-0.1, -0.05) is 32.0 Å². The van der Waals surface area contributed by atoms with Crippen molar-refractivity contribution in [1.82, 2.24) is 14.8 Å². The van der Waals surface area contributed by atoms with E-state index in [0.29, 0.717) is 34.8 Å². The zero-order chi connectivity index (χ0) is 38.2. The quantitative estimate of drug-likeness (QED) is 0.221. The van der Waals surface area contributed by atoms with Crippen molar-refractivity contribution < 1.29 is 49.8 Å². The molecule has 51 heavy (non-hydrogen) atoms. The molecule has 15 heteroatoms. The third-order valence-electron chi connectivity index (χ3n) is 9.69. The highest BCUT2D eigenvalue weighted by molar-refractivity contribution is 5.83. The number of carboxylic acid groups (broad SMARTS) is 1. The summed E-state index contributed by atoms with van der Waals surface area (Å²) >= 11 is 0. The molecule has 4 unspecified atom stereocenters. The van der Waals surface area contributed by atoms with Crippen LogP contribution in [0.2, 0.25) is 0 Å². The number of aliphatic carboxylic acids is 1. The first-order valence-corrected chi connectivity index (χ1v) is 16.5. The topological polar surface area (TPSA) is 91.6 Å². The van der Waals surface area contributed by atoms with Gasteiger partial charge < -0.3 is 19.9 Å². The summed E-state index contributed by atoms with van der Waals surface area (Å²) in [4.78, 5) is 41.3. The number of hydrogen-bond acceptors (Lipinski definition) is 4. The molecule has 0 radical (unpaired) electrons. The molecule has 2 aromatic rings. The number of pyridine rings is 1. The first-order chi connectivity index (χ1) is 23.6. The molecule has 2 N–H and O–H groups in total. The number of nitrogens with zero attached hydrogens (tertiary/aromatic N) is 2. The Morgan fingerprint density at radius 1 is 1.06 bits per heavy atom. The van der Waals surface area contributed by atoms with E-state index in [-0.39, 0.29) is 30.5 Å². The van der Waals surface area contributed by atoms with Gasteiger partial charge in [0.2, 0.25) is 5.91 Å². The fourth-order valence-corrected chi connectivity index (χ4v) is 7.06. The Bertz CT molecular complexity index is 1750. The minimum atomic E-state index is -5.83. The van der Waals surface area contributed by atoms with Crippen LogP contribution in [-0.4, -0.2) is 64.5 Å². The summed E-state index contributed by atoms with van der Waals surface area (Å²) in [5.41, 5.74) is -7.55. The Kier molecular flexibility index (Phi) is 11.6. The van der Waals surface area contributed by atoms with Crippen LogP contribution in [0.15, 0.2) is 52.7 Å². The Balaban J connectivity index is 1.88. The molecule has 1 aromatic carbocycles. The van der Waals surface area contributed by atoms with Gasteiger partial charge in [-0.3, -0.25) is 14.4 Å². The van der Waals surface area contributed by atoms with E-state index < -0.39 is 88.3 Å². The van der Waals surface area contributed by atoms with Gasteiger partial charge in [0.05, 0.1) is 18.0 Å². The zero-order valence-electron chi connectivity index (χ0n) is 28.8. The van der Waals surface area contributed by atoms with E-state index in [9.17, 15) is 32.7 Å².